The minimum absolute atomic E-state index is 0.127. The number of carbonyl (C=O) groups is 1. The van der Waals surface area contributed by atoms with Gasteiger partial charge in [0, 0.05) is 60.2 Å². The average molecular weight is 1100 g/mol. The molecule has 5 atom stereocenters. The quantitative estimate of drug-likeness (QED) is 0.132. The number of carboxylic acids is 1. The van der Waals surface area contributed by atoms with Gasteiger partial charge in [-0.05, 0) is 160 Å². The lowest BCUT2D eigenvalue weighted by atomic mass is 9.89. The fourth-order valence-corrected chi connectivity index (χ4v) is 12.7. The number of nitrogens with zero attached hydrogens (tertiary/aromatic N) is 5. The van der Waals surface area contributed by atoms with E-state index in [1.807, 2.05) is 82.3 Å². The van der Waals surface area contributed by atoms with Gasteiger partial charge in [0.25, 0.3) is 0 Å². The maximum absolute atomic E-state index is 14.5. The summed E-state index contributed by atoms with van der Waals surface area (Å²) in [6.07, 6.45) is 9.26. The molecule has 402 valence electrons. The highest BCUT2D eigenvalue weighted by Gasteiger charge is 2.49. The summed E-state index contributed by atoms with van der Waals surface area (Å²) in [7, 11) is 2.12. The predicted octanol–water partition coefficient (Wildman–Crippen LogP) is 12.2. The molecule has 4 aromatic carbocycles. The summed E-state index contributed by atoms with van der Waals surface area (Å²) in [5, 5.41) is 12.7. The van der Waals surface area contributed by atoms with Gasteiger partial charge < -0.3 is 38.4 Å². The Bertz CT molecular complexity index is 3260. The largest absolute Gasteiger partial charge is 0.491 e. The van der Waals surface area contributed by atoms with Crippen molar-refractivity contribution in [2.45, 2.75) is 77.3 Å². The number of hydrogen-bond acceptors (Lipinski definition) is 13. The van der Waals surface area contributed by atoms with Crippen LogP contribution in [0.25, 0.3) is 31.8 Å². The molecule has 0 radical (unpaired) electrons. The van der Waals surface area contributed by atoms with Gasteiger partial charge in [0.15, 0.2) is 11.5 Å². The third kappa shape index (κ3) is 11.6. The topological polar surface area (TPSA) is 137 Å². The van der Waals surface area contributed by atoms with Crippen molar-refractivity contribution in [1.82, 2.24) is 19.8 Å². The number of likely N-dealkylation sites (N-methyl/N-ethyl adjacent to an activating group) is 1. The van der Waals surface area contributed by atoms with E-state index in [1.165, 1.54) is 23.5 Å². The molecule has 1 N–H and O–H groups in total. The van der Waals surface area contributed by atoms with Crippen LogP contribution in [0.1, 0.15) is 67.0 Å². The fourth-order valence-electron chi connectivity index (χ4n) is 11.1. The molecule has 0 spiro atoms. The van der Waals surface area contributed by atoms with Crippen molar-refractivity contribution in [3.05, 3.63) is 141 Å². The van der Waals surface area contributed by atoms with Crippen LogP contribution in [0.3, 0.4) is 0 Å². The molecule has 12 rings (SSSR count). The second-order valence-electron chi connectivity index (χ2n) is 21.2. The Kier molecular flexibility index (Phi) is 15.5. The van der Waals surface area contributed by atoms with Crippen molar-refractivity contribution in [2.75, 3.05) is 66.2 Å². The number of benzene rings is 4. The van der Waals surface area contributed by atoms with E-state index in [0.717, 1.165) is 105 Å². The van der Waals surface area contributed by atoms with E-state index in [9.17, 15) is 14.3 Å². The summed E-state index contributed by atoms with van der Waals surface area (Å²) in [6.45, 7) is 12.9. The number of hydrogen-bond donors (Lipinski definition) is 1. The number of aliphatic imine (C=N–C) groups is 1. The Morgan fingerprint density at radius 1 is 0.922 bits per heavy atom. The zero-order valence-electron chi connectivity index (χ0n) is 43.8. The molecule has 4 bridgehead atoms. The van der Waals surface area contributed by atoms with Crippen molar-refractivity contribution in [3.63, 3.8) is 0 Å². The van der Waals surface area contributed by atoms with Gasteiger partial charge in [-0.15, -0.1) is 11.3 Å². The molecule has 3 fully saturated rings. The van der Waals surface area contributed by atoms with Crippen LogP contribution in [-0.4, -0.2) is 121 Å². The highest BCUT2D eigenvalue weighted by atomic mass is 35.5. The number of aromatic nitrogens is 2. The van der Waals surface area contributed by atoms with Crippen LogP contribution in [0.2, 0.25) is 10.0 Å². The maximum Gasteiger partial charge on any atom is 0.307 e. The van der Waals surface area contributed by atoms with Gasteiger partial charge in [0.2, 0.25) is 0 Å². The first-order chi connectivity index (χ1) is 37.2. The van der Waals surface area contributed by atoms with Gasteiger partial charge >= 0.3 is 5.97 Å². The molecular weight excluding hydrogens is 1040 g/mol. The number of aliphatic carboxylic acids is 1. The van der Waals surface area contributed by atoms with Gasteiger partial charge in [-0.25, -0.2) is 14.4 Å². The van der Waals surface area contributed by atoms with Gasteiger partial charge in [-0.2, -0.15) is 0 Å². The Balaban J connectivity index is 0.944. The van der Waals surface area contributed by atoms with Gasteiger partial charge in [0.05, 0.1) is 34.0 Å². The van der Waals surface area contributed by atoms with Crippen molar-refractivity contribution < 1.29 is 42.7 Å². The molecule has 13 nitrogen and oxygen atoms in total. The summed E-state index contributed by atoms with van der Waals surface area (Å²) >= 11 is 16.4. The van der Waals surface area contributed by atoms with E-state index in [2.05, 4.69) is 22.9 Å². The smallest absolute Gasteiger partial charge is 0.307 e. The zero-order chi connectivity index (χ0) is 53.5. The van der Waals surface area contributed by atoms with Crippen LogP contribution in [0.5, 0.6) is 23.0 Å². The Hall–Kier alpha value is -5.91. The molecular formula is C60H62Cl2FN5O8S. The summed E-state index contributed by atoms with van der Waals surface area (Å²) in [5.74, 6) is -1.03. The van der Waals surface area contributed by atoms with E-state index < -0.39 is 23.8 Å². The van der Waals surface area contributed by atoms with E-state index >= 15 is 0 Å². The number of rotatable bonds is 11. The van der Waals surface area contributed by atoms with E-state index in [-0.39, 0.29) is 43.4 Å². The lowest BCUT2D eigenvalue weighted by Crippen LogP contribution is -2.49. The Morgan fingerprint density at radius 2 is 1.68 bits per heavy atom. The highest BCUT2D eigenvalue weighted by molar-refractivity contribution is 7.22. The van der Waals surface area contributed by atoms with Crippen LogP contribution in [0, 0.1) is 31.5 Å². The molecule has 7 heterocycles. The lowest BCUT2D eigenvalue weighted by molar-refractivity contribution is -0.142. The SMILES string of the molecule is Cc1c(Cl)c2c(Cl)c(C)c1-c1c(-c3ccc(F)cc3)sc3ncnc(c13)C1CC1[C@@H](C(=O)O)Cc1cc(ccc1OCC1=C/C=C\CC/C(c3ccc(OC[C@H]4COC(C)(C)O4)cc3)=N\1)OC[C@@H](CN1CCN(C)CC1)O2. The number of ether oxygens (including phenoxy) is 6. The molecule has 2 saturated heterocycles. The molecule has 1 aliphatic carbocycles. The minimum Gasteiger partial charge on any atom is -0.491 e. The molecule has 77 heavy (non-hydrogen) atoms. The first kappa shape index (κ1) is 53.1. The summed E-state index contributed by atoms with van der Waals surface area (Å²) in [5.41, 5.74) is 7.92. The van der Waals surface area contributed by atoms with Crippen LogP contribution in [-0.2, 0) is 20.7 Å². The number of halogens is 3. The molecule has 2 aromatic heterocycles. The molecule has 1 saturated carbocycles. The van der Waals surface area contributed by atoms with Crippen LogP contribution in [0.4, 0.5) is 4.39 Å². The molecule has 5 aliphatic heterocycles. The second-order valence-corrected chi connectivity index (χ2v) is 22.9. The van der Waals surface area contributed by atoms with Crippen LogP contribution >= 0.6 is 34.5 Å². The second kappa shape index (κ2) is 22.4. The van der Waals surface area contributed by atoms with E-state index in [1.54, 1.807) is 18.5 Å². The van der Waals surface area contributed by atoms with Crippen molar-refractivity contribution in [1.29, 1.82) is 0 Å². The summed E-state index contributed by atoms with van der Waals surface area (Å²) in [4.78, 5) is 34.8. The van der Waals surface area contributed by atoms with Crippen molar-refractivity contribution >= 4 is 56.4 Å². The van der Waals surface area contributed by atoms with E-state index in [4.69, 9.17) is 66.6 Å². The fraction of sp³-hybridized carbons (Fsp3) is 0.400. The molecule has 2 unspecified atom stereocenters. The number of allylic oxidation sites excluding steroid dienone is 3. The predicted molar refractivity (Wildman–Crippen MR) is 299 cm³/mol. The number of thiophene rings is 1. The van der Waals surface area contributed by atoms with Crippen molar-refractivity contribution in [2.24, 2.45) is 16.8 Å². The standard InChI is InChI=1S/C60H62Cl2FN5O8S/c1-34-50-35(2)54(62)56(53(34)61)75-43(28-68-23-21-67(5)22-24-68)30-72-42-19-20-49(73-29-40-9-7-6-8-10-48(66-40)36-13-17-41(18-14-36)71-31-44-32-74-60(3,4)76-44)38(25-42)26-47(59(69)70)45-27-46(45)55-52-51(50)57(77-58(52)65-33-64-55)37-11-15-39(63)16-12-37/h6-7,9,11-20,25,33,43-47H,8,10,21-24,26-32H2,1-5H3,(H,69,70)/b7-6-,40-9-,66-48+/t43-,44+,45?,46?,47+/m1/s1. The maximum atomic E-state index is 14.5. The zero-order valence-corrected chi connectivity index (χ0v) is 46.2. The molecule has 6 aromatic rings. The Morgan fingerprint density at radius 3 is 2.40 bits per heavy atom. The number of fused-ring (bicyclic) bond motifs is 6. The van der Waals surface area contributed by atoms with Crippen LogP contribution < -0.4 is 18.9 Å². The molecule has 17 heteroatoms. The number of piperazine rings is 1. The van der Waals surface area contributed by atoms with Crippen LogP contribution in [0.15, 0.2) is 102 Å². The Labute approximate surface area is 462 Å². The number of carboxylic acid groups (broad SMARTS) is 1. The average Bonchev–Trinajstić information content (AvgIpc) is 4.19. The minimum atomic E-state index is -0.920. The van der Waals surface area contributed by atoms with Crippen molar-refractivity contribution in [3.8, 4) is 44.6 Å². The summed E-state index contributed by atoms with van der Waals surface area (Å²) in [6, 6.07) is 19.9. The first-order valence-electron chi connectivity index (χ1n) is 26.3. The van der Waals surface area contributed by atoms with Gasteiger partial charge in [0.1, 0.15) is 66.3 Å². The highest BCUT2D eigenvalue weighted by Crippen LogP contribution is 2.58. The van der Waals surface area contributed by atoms with Gasteiger partial charge in [-0.1, -0.05) is 47.5 Å². The normalized spacial score (nSPS) is 24.4. The molecule has 0 amide bonds. The lowest BCUT2D eigenvalue weighted by Gasteiger charge is -2.35. The van der Waals surface area contributed by atoms with E-state index in [0.29, 0.717) is 64.7 Å². The first-order valence-corrected chi connectivity index (χ1v) is 27.9. The third-order valence-corrected chi connectivity index (χ3v) is 17.3. The third-order valence-electron chi connectivity index (χ3n) is 15.3. The monoisotopic (exact) mass is 1100 g/mol. The van der Waals surface area contributed by atoms with Gasteiger partial charge in [-0.3, -0.25) is 14.7 Å². The molecule has 6 aliphatic rings. The summed E-state index contributed by atoms with van der Waals surface area (Å²) < 4.78 is 52.5.